The van der Waals surface area contributed by atoms with E-state index in [4.69, 9.17) is 5.11 Å². The van der Waals surface area contributed by atoms with E-state index in [0.29, 0.717) is 39.5 Å². The number of fused-ring (bicyclic) bond motifs is 6. The fourth-order valence-electron chi connectivity index (χ4n) is 10.3. The Morgan fingerprint density at radius 1 is 0.734 bits per heavy atom. The van der Waals surface area contributed by atoms with E-state index in [1.807, 2.05) is 13.8 Å². The van der Waals surface area contributed by atoms with Crippen molar-refractivity contribution in [3.05, 3.63) is 136 Å². The zero-order valence-corrected chi connectivity index (χ0v) is 52.1. The van der Waals surface area contributed by atoms with Crippen molar-refractivity contribution in [2.75, 3.05) is 43.1 Å². The molecule has 0 radical (unpaired) electrons. The normalized spacial score (nSPS) is 16.2. The second-order valence-corrected chi connectivity index (χ2v) is 27.4. The maximum absolute atomic E-state index is 14.1. The van der Waals surface area contributed by atoms with Crippen molar-refractivity contribution in [3.63, 3.8) is 0 Å². The van der Waals surface area contributed by atoms with E-state index in [-0.39, 0.29) is 148 Å². The molecule has 5 aromatic rings. The zero-order valence-electron chi connectivity index (χ0n) is 44.0. The third-order valence-electron chi connectivity index (χ3n) is 13.7. The second kappa shape index (κ2) is 24.3. The number of carbonyl (C=O) groups is 1. The molecule has 0 saturated heterocycles. The van der Waals surface area contributed by atoms with Crippen molar-refractivity contribution in [1.29, 1.82) is 0 Å². The number of sulfonamides is 1. The quantitative estimate of drug-likeness (QED) is 0.0224. The van der Waals surface area contributed by atoms with Gasteiger partial charge in [-0.25, -0.2) is 29.6 Å². The molecule has 2 aliphatic heterocycles. The standard InChI is InChI=1S/C50H54N4O18S5.2Na/c1-49(2)44(52(26-10-28-73(59,60)61)40-21-19-35-37(47(40)49)13-8-15-42(35)75(65,66)51(5)25-9-16-46(55)56)23-17-32(34-12-6-7-14-39(34)54(57)58)18-24-45-50(3,4)48-38-30-33(76(67,68)69)31-43(77(70,71)72)36(38)20-22-41(48)53(45)27-11-29-74(62,63)64;;/h6-8,12-15,17-24,30-31H,9-11,16,25-29H2,1-5H3,(H4-,55,56,59,60,61,62,63,64,67,68,69,70,71,72);;/q;2*+1/p-1. The number of anilines is 1. The first-order valence-electron chi connectivity index (χ1n) is 23.5. The number of carboxylic acid groups (broad SMARTS) is 1. The Hall–Kier alpha value is -4.27. The van der Waals surface area contributed by atoms with E-state index < -0.39 is 93.5 Å². The van der Waals surface area contributed by atoms with Crippen LogP contribution >= 0.6 is 0 Å². The van der Waals surface area contributed by atoms with Gasteiger partial charge in [0.25, 0.3) is 25.9 Å². The van der Waals surface area contributed by atoms with Crippen LogP contribution in [0.25, 0.3) is 27.1 Å². The Bertz CT molecular complexity index is 4030. The zero-order chi connectivity index (χ0) is 57.0. The van der Waals surface area contributed by atoms with E-state index in [1.165, 1.54) is 49.5 Å². The molecule has 29 heteroatoms. The van der Waals surface area contributed by atoms with Crippen LogP contribution in [0.4, 0.5) is 17.1 Å². The van der Waals surface area contributed by atoms with Crippen molar-refractivity contribution >= 4 is 106 Å². The molecule has 0 bridgehead atoms. The molecule has 5 aromatic carbocycles. The predicted molar refractivity (Wildman–Crippen MR) is 284 cm³/mol. The molecule has 0 spiro atoms. The van der Waals surface area contributed by atoms with Gasteiger partial charge in [0.1, 0.15) is 26.8 Å². The Kier molecular flexibility index (Phi) is 20.1. The number of para-hydroxylation sites is 1. The van der Waals surface area contributed by atoms with Gasteiger partial charge in [0.15, 0.2) is 5.71 Å². The minimum absolute atomic E-state index is 0. The van der Waals surface area contributed by atoms with Crippen LogP contribution < -0.4 is 64.0 Å². The predicted octanol–water partition coefficient (Wildman–Crippen LogP) is 0.456. The molecule has 3 N–H and O–H groups in total. The fraction of sp³-hybridized carbons (Fsp3) is 0.320. The number of hydrogen-bond acceptors (Lipinski definition) is 16. The molecule has 2 aliphatic rings. The molecule has 0 amide bonds. The molecule has 2 heterocycles. The van der Waals surface area contributed by atoms with E-state index in [0.717, 1.165) is 10.4 Å². The number of hydrogen-bond donors (Lipinski definition) is 3. The molecule has 0 saturated carbocycles. The van der Waals surface area contributed by atoms with Crippen molar-refractivity contribution in [1.82, 2.24) is 4.31 Å². The van der Waals surface area contributed by atoms with Crippen LogP contribution in [0.15, 0.2) is 124 Å². The van der Waals surface area contributed by atoms with Gasteiger partial charge in [-0.15, -0.1) is 0 Å². The van der Waals surface area contributed by atoms with E-state index >= 15 is 0 Å². The maximum atomic E-state index is 14.1. The van der Waals surface area contributed by atoms with Gasteiger partial charge < -0.3 is 19.1 Å². The summed E-state index contributed by atoms with van der Waals surface area (Å²) in [7, 11) is -22.6. The van der Waals surface area contributed by atoms with Crippen LogP contribution in [0, 0.1) is 10.1 Å². The molecule has 412 valence electrons. The van der Waals surface area contributed by atoms with Crippen molar-refractivity contribution < 1.29 is 139 Å². The summed E-state index contributed by atoms with van der Waals surface area (Å²) < 4.78 is 173. The van der Waals surface area contributed by atoms with Crippen LogP contribution in [-0.4, -0.2) is 129 Å². The van der Waals surface area contributed by atoms with Gasteiger partial charge in [-0.3, -0.25) is 24.0 Å². The summed E-state index contributed by atoms with van der Waals surface area (Å²) in [4.78, 5) is 23.0. The van der Waals surface area contributed by atoms with Crippen molar-refractivity contribution in [2.45, 2.75) is 78.9 Å². The minimum atomic E-state index is -5.40. The second-order valence-electron chi connectivity index (χ2n) is 19.5. The van der Waals surface area contributed by atoms with Crippen LogP contribution in [0.3, 0.4) is 0 Å². The van der Waals surface area contributed by atoms with E-state index in [1.54, 1.807) is 71.9 Å². The van der Waals surface area contributed by atoms with Crippen LogP contribution in [-0.2, 0) is 66.1 Å². The number of carboxylic acids is 1. The largest absolute Gasteiger partial charge is 1.00 e. The third kappa shape index (κ3) is 14.0. The number of rotatable bonds is 21. The summed E-state index contributed by atoms with van der Waals surface area (Å²) >= 11 is 0. The Balaban J connectivity index is 0.00000574. The van der Waals surface area contributed by atoms with E-state index in [2.05, 4.69) is 0 Å². The van der Waals surface area contributed by atoms with E-state index in [9.17, 15) is 75.2 Å². The van der Waals surface area contributed by atoms with Gasteiger partial charge in [-0.2, -0.15) is 21.4 Å². The van der Waals surface area contributed by atoms with Crippen molar-refractivity contribution in [2.24, 2.45) is 0 Å². The molecule has 79 heavy (non-hydrogen) atoms. The topological polar surface area (TPSA) is 347 Å². The minimum Gasteiger partial charge on any atom is -0.744 e. The van der Waals surface area contributed by atoms with Gasteiger partial charge >= 0.3 is 65.1 Å². The molecule has 0 atom stereocenters. The molecule has 0 aromatic heterocycles. The molecule has 0 unspecified atom stereocenters. The summed E-state index contributed by atoms with van der Waals surface area (Å²) in [5.74, 6) is -2.43. The molecule has 0 aliphatic carbocycles. The Morgan fingerprint density at radius 2 is 1.35 bits per heavy atom. The number of benzene rings is 5. The van der Waals surface area contributed by atoms with Crippen LogP contribution in [0.1, 0.15) is 70.1 Å². The first-order valence-corrected chi connectivity index (χ1v) is 31.0. The first-order chi connectivity index (χ1) is 35.6. The fourth-order valence-corrected chi connectivity index (χ4v) is 14.0. The smallest absolute Gasteiger partial charge is 0.744 e. The van der Waals surface area contributed by atoms with Crippen LogP contribution in [0.5, 0.6) is 0 Å². The average Bonchev–Trinajstić information content (AvgIpc) is 3.90. The van der Waals surface area contributed by atoms with Crippen LogP contribution in [0.2, 0.25) is 0 Å². The van der Waals surface area contributed by atoms with Gasteiger partial charge in [0.05, 0.1) is 42.1 Å². The maximum Gasteiger partial charge on any atom is 1.00 e. The SMILES string of the molecule is CN(CCCC(=O)O)S(=O)(=O)c1cccc2c3c(ccc12)N(CCCS(=O)(=O)O)/C(=C/C=C(/C=C/C1=[N+](CCCS(=O)(=O)O)c2ccc4c(S(=O)(=O)[O-])cc(S(=O)(=O)[O-])cc4c2C1(C)C)c1ccccc1[N+](=O)[O-])C3(C)C.[Na+].[Na+]. The number of nitrogens with zero attached hydrogens (tertiary/aromatic N) is 4. The van der Waals surface area contributed by atoms with Gasteiger partial charge in [-0.05, 0) is 97.1 Å². The average molecular weight is 1200 g/mol. The van der Waals surface area contributed by atoms with Gasteiger partial charge in [0, 0.05) is 84.3 Å². The number of allylic oxidation sites excluding steroid dienone is 6. The number of aliphatic carboxylic acids is 1. The molecule has 0 fully saturated rings. The molecule has 7 rings (SSSR count). The summed E-state index contributed by atoms with van der Waals surface area (Å²) in [6, 6.07) is 17.8. The molecular formula is C50H53N4Na2O18S5+. The summed E-state index contributed by atoms with van der Waals surface area (Å²) in [6.45, 7) is 6.72. The first kappa shape index (κ1) is 65.5. The molecular weight excluding hydrogens is 1150 g/mol. The van der Waals surface area contributed by atoms with Crippen molar-refractivity contribution in [3.8, 4) is 0 Å². The van der Waals surface area contributed by atoms with Gasteiger partial charge in [0.2, 0.25) is 15.7 Å². The third-order valence-corrected chi connectivity index (χ3v) is 18.9. The molecule has 22 nitrogen and oxygen atoms in total. The Labute approximate surface area is 502 Å². The van der Waals surface area contributed by atoms with Gasteiger partial charge in [-0.1, -0.05) is 50.3 Å². The summed E-state index contributed by atoms with van der Waals surface area (Å²) in [5.41, 5.74) is -0.0181. The Morgan fingerprint density at radius 3 is 1.96 bits per heavy atom. The number of nitro groups is 1. The number of nitro benzene ring substituents is 1. The monoisotopic (exact) mass is 1200 g/mol. The summed E-state index contributed by atoms with van der Waals surface area (Å²) in [5, 5.41) is 22.3. The summed E-state index contributed by atoms with van der Waals surface area (Å²) in [6.07, 6.45) is 5.77.